The third-order valence-electron chi connectivity index (χ3n) is 5.09. The van der Waals surface area contributed by atoms with Crippen molar-refractivity contribution in [2.24, 2.45) is 17.6 Å². The standard InChI is InChI=1S/C19H23N5/c20-10-12-8-14(9-12)24-11-16(18(21)13-3-4-13)19-15-2-1-6-22-17(15)5-7-23-19/h1-2,5-7,11-14,21,24H,3-4,8-10,20H2/b16-11+,21-18?. The Kier molecular flexibility index (Phi) is 4.02. The maximum Gasteiger partial charge on any atom is 0.0828 e. The molecule has 2 aromatic rings. The Balaban J connectivity index is 1.66. The number of aromatic nitrogens is 2. The maximum atomic E-state index is 8.58. The molecule has 4 N–H and O–H groups in total. The highest BCUT2D eigenvalue weighted by molar-refractivity contribution is 6.25. The first kappa shape index (κ1) is 15.3. The molecule has 2 aliphatic carbocycles. The summed E-state index contributed by atoms with van der Waals surface area (Å²) in [7, 11) is 0. The molecule has 5 heteroatoms. The molecule has 0 radical (unpaired) electrons. The number of rotatable bonds is 6. The van der Waals surface area contributed by atoms with E-state index < -0.39 is 0 Å². The number of allylic oxidation sites excluding steroid dienone is 1. The van der Waals surface area contributed by atoms with Crippen LogP contribution in [-0.2, 0) is 0 Å². The monoisotopic (exact) mass is 321 g/mol. The first-order valence-electron chi connectivity index (χ1n) is 8.71. The third kappa shape index (κ3) is 2.91. The fourth-order valence-corrected chi connectivity index (χ4v) is 3.35. The van der Waals surface area contributed by atoms with Crippen molar-refractivity contribution < 1.29 is 0 Å². The second-order valence-electron chi connectivity index (χ2n) is 6.91. The molecule has 2 fully saturated rings. The summed E-state index contributed by atoms with van der Waals surface area (Å²) in [5.74, 6) is 1.02. The van der Waals surface area contributed by atoms with Crippen molar-refractivity contribution in [3.05, 3.63) is 42.5 Å². The molecular formula is C19H23N5. The summed E-state index contributed by atoms with van der Waals surface area (Å²) in [4.78, 5) is 9.00. The number of pyridine rings is 2. The third-order valence-corrected chi connectivity index (χ3v) is 5.09. The van der Waals surface area contributed by atoms with Crippen LogP contribution >= 0.6 is 0 Å². The van der Waals surface area contributed by atoms with E-state index in [1.165, 1.54) is 0 Å². The molecular weight excluding hydrogens is 298 g/mol. The average molecular weight is 321 g/mol. The minimum absolute atomic E-state index is 0.380. The largest absolute Gasteiger partial charge is 0.388 e. The van der Waals surface area contributed by atoms with E-state index in [0.29, 0.717) is 23.6 Å². The maximum absolute atomic E-state index is 8.58. The fourth-order valence-electron chi connectivity index (χ4n) is 3.35. The average Bonchev–Trinajstić information content (AvgIpc) is 3.41. The lowest BCUT2D eigenvalue weighted by Crippen LogP contribution is -2.41. The van der Waals surface area contributed by atoms with Gasteiger partial charge in [-0.15, -0.1) is 0 Å². The van der Waals surface area contributed by atoms with E-state index in [1.54, 1.807) is 12.4 Å². The van der Waals surface area contributed by atoms with Gasteiger partial charge < -0.3 is 16.5 Å². The van der Waals surface area contributed by atoms with Crippen LogP contribution in [0.25, 0.3) is 16.5 Å². The minimum Gasteiger partial charge on any atom is -0.388 e. The van der Waals surface area contributed by atoms with Crippen LogP contribution in [0.4, 0.5) is 0 Å². The molecule has 0 spiro atoms. The topological polar surface area (TPSA) is 87.7 Å². The van der Waals surface area contributed by atoms with Crippen molar-refractivity contribution in [2.45, 2.75) is 31.7 Å². The van der Waals surface area contributed by atoms with Crippen molar-refractivity contribution in [1.29, 1.82) is 5.41 Å². The number of fused-ring (bicyclic) bond motifs is 1. The van der Waals surface area contributed by atoms with Crippen molar-refractivity contribution >= 4 is 22.2 Å². The molecule has 124 valence electrons. The smallest absolute Gasteiger partial charge is 0.0828 e. The van der Waals surface area contributed by atoms with E-state index in [9.17, 15) is 0 Å². The molecule has 2 heterocycles. The molecule has 0 saturated heterocycles. The van der Waals surface area contributed by atoms with E-state index in [4.69, 9.17) is 11.1 Å². The predicted octanol–water partition coefficient (Wildman–Crippen LogP) is 2.73. The first-order chi connectivity index (χ1) is 11.8. The van der Waals surface area contributed by atoms with Gasteiger partial charge in [-0.1, -0.05) is 0 Å². The van der Waals surface area contributed by atoms with Crippen LogP contribution < -0.4 is 11.1 Å². The highest BCUT2D eigenvalue weighted by Crippen LogP contribution is 2.36. The summed E-state index contributed by atoms with van der Waals surface area (Å²) >= 11 is 0. The highest BCUT2D eigenvalue weighted by Gasteiger charge is 2.31. The lowest BCUT2D eigenvalue weighted by molar-refractivity contribution is 0.247. The van der Waals surface area contributed by atoms with Gasteiger partial charge >= 0.3 is 0 Å². The zero-order valence-electron chi connectivity index (χ0n) is 13.7. The van der Waals surface area contributed by atoms with Gasteiger partial charge in [-0.05, 0) is 56.3 Å². The van der Waals surface area contributed by atoms with Crippen LogP contribution in [-0.4, -0.2) is 28.3 Å². The Bertz CT molecular complexity index is 782. The van der Waals surface area contributed by atoms with Crippen molar-refractivity contribution in [1.82, 2.24) is 15.3 Å². The Morgan fingerprint density at radius 3 is 2.83 bits per heavy atom. The molecule has 0 amide bonds. The normalized spacial score (nSPS) is 23.8. The van der Waals surface area contributed by atoms with Gasteiger partial charge in [0.25, 0.3) is 0 Å². The highest BCUT2D eigenvalue weighted by atomic mass is 14.9. The summed E-state index contributed by atoms with van der Waals surface area (Å²) in [6, 6.07) is 6.35. The number of nitrogens with one attached hydrogen (secondary N) is 2. The van der Waals surface area contributed by atoms with Crippen LogP contribution in [0.1, 0.15) is 31.4 Å². The lowest BCUT2D eigenvalue weighted by Gasteiger charge is -2.34. The molecule has 5 nitrogen and oxygen atoms in total. The zero-order chi connectivity index (χ0) is 16.5. The van der Waals surface area contributed by atoms with Crippen LogP contribution in [0.15, 0.2) is 36.8 Å². The minimum atomic E-state index is 0.380. The molecule has 0 bridgehead atoms. The fraction of sp³-hybridized carbons (Fsp3) is 0.421. The summed E-state index contributed by atoms with van der Waals surface area (Å²) in [5.41, 5.74) is 9.09. The Labute approximate surface area is 141 Å². The van der Waals surface area contributed by atoms with E-state index in [1.807, 2.05) is 24.4 Å². The Morgan fingerprint density at radius 2 is 2.08 bits per heavy atom. The quantitative estimate of drug-likeness (QED) is 0.714. The molecule has 2 aromatic heterocycles. The van der Waals surface area contributed by atoms with Gasteiger partial charge in [-0.25, -0.2) is 0 Å². The van der Waals surface area contributed by atoms with Gasteiger partial charge in [0.15, 0.2) is 0 Å². The molecule has 2 aliphatic rings. The number of hydrogen-bond donors (Lipinski definition) is 3. The van der Waals surface area contributed by atoms with Crippen LogP contribution in [0, 0.1) is 17.2 Å². The first-order valence-corrected chi connectivity index (χ1v) is 8.71. The molecule has 2 saturated carbocycles. The van der Waals surface area contributed by atoms with Gasteiger partial charge in [0.2, 0.25) is 0 Å². The van der Waals surface area contributed by atoms with E-state index in [-0.39, 0.29) is 0 Å². The van der Waals surface area contributed by atoms with Crippen molar-refractivity contribution in [2.75, 3.05) is 6.54 Å². The Hall–Kier alpha value is -2.27. The van der Waals surface area contributed by atoms with Gasteiger partial charge in [0.05, 0.1) is 11.2 Å². The van der Waals surface area contributed by atoms with Gasteiger partial charge in [-0.2, -0.15) is 0 Å². The molecule has 0 unspecified atom stereocenters. The van der Waals surface area contributed by atoms with Crippen LogP contribution in [0.3, 0.4) is 0 Å². The van der Waals surface area contributed by atoms with Crippen LogP contribution in [0.2, 0.25) is 0 Å². The number of hydrogen-bond acceptors (Lipinski definition) is 5. The van der Waals surface area contributed by atoms with Crippen molar-refractivity contribution in [3.63, 3.8) is 0 Å². The van der Waals surface area contributed by atoms with E-state index in [2.05, 4.69) is 15.3 Å². The summed E-state index contributed by atoms with van der Waals surface area (Å²) in [5, 5.41) is 13.1. The van der Waals surface area contributed by atoms with Gasteiger partial charge in [0, 0.05) is 47.2 Å². The van der Waals surface area contributed by atoms with E-state index >= 15 is 0 Å². The van der Waals surface area contributed by atoms with Crippen LogP contribution in [0.5, 0.6) is 0 Å². The number of nitrogens with two attached hydrogens (primary N) is 1. The summed E-state index contributed by atoms with van der Waals surface area (Å²) in [6.07, 6.45) is 10.0. The lowest BCUT2D eigenvalue weighted by atomic mass is 9.80. The second-order valence-corrected chi connectivity index (χ2v) is 6.91. The molecule has 0 aromatic carbocycles. The van der Waals surface area contributed by atoms with Gasteiger partial charge in [0.1, 0.15) is 0 Å². The molecule has 4 rings (SSSR count). The van der Waals surface area contributed by atoms with E-state index in [0.717, 1.165) is 54.4 Å². The molecule has 0 atom stereocenters. The SMILES string of the molecule is N=C(/C(=C\NC1CC(CN)C1)c1nccc2ncccc12)C1CC1. The summed E-state index contributed by atoms with van der Waals surface area (Å²) in [6.45, 7) is 0.767. The molecule has 0 aliphatic heterocycles. The molecule has 24 heavy (non-hydrogen) atoms. The summed E-state index contributed by atoms with van der Waals surface area (Å²) < 4.78 is 0. The zero-order valence-corrected chi connectivity index (χ0v) is 13.7. The predicted molar refractivity (Wildman–Crippen MR) is 96.7 cm³/mol. The number of nitrogens with zero attached hydrogens (tertiary/aromatic N) is 2. The van der Waals surface area contributed by atoms with Gasteiger partial charge in [-0.3, -0.25) is 9.97 Å². The second kappa shape index (κ2) is 6.32. The van der Waals surface area contributed by atoms with Crippen molar-refractivity contribution in [3.8, 4) is 0 Å². The Morgan fingerprint density at radius 1 is 1.25 bits per heavy atom.